The molecule has 0 saturated heterocycles. The molecule has 0 unspecified atom stereocenters. The van der Waals surface area contributed by atoms with Crippen molar-refractivity contribution in [2.45, 2.75) is 0 Å². The second-order valence-corrected chi connectivity index (χ2v) is 0. The van der Waals surface area contributed by atoms with Crippen LogP contribution in [0.1, 0.15) is 0 Å². The summed E-state index contributed by atoms with van der Waals surface area (Å²) in [5.41, 5.74) is 0. The van der Waals surface area contributed by atoms with Crippen molar-refractivity contribution in [1.29, 1.82) is 0 Å². The first-order valence-corrected chi connectivity index (χ1v) is 0. The molecule has 0 aliphatic heterocycles. The van der Waals surface area contributed by atoms with Crippen LogP contribution in [0.25, 0.3) is 0 Å². The molecule has 0 aromatic carbocycles. The smallest absolute Gasteiger partial charge is 2.00 e. The Bertz CT molecular complexity index is 9.61. The van der Waals surface area contributed by atoms with E-state index in [-0.39, 0.29) is 59.8 Å². The molecule has 0 aliphatic rings. The minimum Gasteiger partial charge on any atom is -2.00 e. The normalized spacial score (nSPS) is 0. The summed E-state index contributed by atoms with van der Waals surface area (Å²) < 4.78 is 0. The topological polar surface area (TPSA) is 57.0 Å². The van der Waals surface area contributed by atoms with E-state index >= 15 is 0 Å². The van der Waals surface area contributed by atoms with E-state index in [1.165, 1.54) is 0 Å². The SMILES string of the molecule is [Co].[O-2].[O-2].[Pt+4].[Si]. The third-order valence-corrected chi connectivity index (χ3v) is 0. The summed E-state index contributed by atoms with van der Waals surface area (Å²) in [4.78, 5) is 0. The average molecular weight is 314 g/mol. The molecule has 0 aromatic heterocycles. The molecule has 35 valence electrons. The molecule has 2 nitrogen and oxygen atoms in total. The van der Waals surface area contributed by atoms with Gasteiger partial charge in [0, 0.05) is 27.7 Å². The molecule has 0 aliphatic carbocycles. The minimum atomic E-state index is 0. The third-order valence-electron chi connectivity index (χ3n) is 0. The van der Waals surface area contributed by atoms with E-state index in [1.807, 2.05) is 0 Å². The molecule has 0 N–H and O–H groups in total. The van der Waals surface area contributed by atoms with Crippen LogP contribution in [-0.4, -0.2) is 11.0 Å². The Morgan fingerprint density at radius 3 is 0.800 bits per heavy atom. The minimum absolute atomic E-state index is 0. The Balaban J connectivity index is 0. The predicted octanol–water partition coefficient (Wildman–Crippen LogP) is -0.623. The van der Waals surface area contributed by atoms with Crippen LogP contribution in [0.4, 0.5) is 0 Å². The maximum absolute atomic E-state index is 0. The van der Waals surface area contributed by atoms with E-state index in [0.29, 0.717) is 0 Å². The van der Waals surface area contributed by atoms with E-state index in [4.69, 9.17) is 0 Å². The summed E-state index contributed by atoms with van der Waals surface area (Å²) in [7, 11) is 0. The molecule has 0 rings (SSSR count). The second-order valence-electron chi connectivity index (χ2n) is 0. The first-order valence-electron chi connectivity index (χ1n) is 0. The van der Waals surface area contributed by atoms with Gasteiger partial charge >= 0.3 is 21.1 Å². The summed E-state index contributed by atoms with van der Waals surface area (Å²) in [6.45, 7) is 0. The molecule has 0 spiro atoms. The van der Waals surface area contributed by atoms with Gasteiger partial charge in [-0.1, -0.05) is 0 Å². The maximum Gasteiger partial charge on any atom is 4.00 e. The van der Waals surface area contributed by atoms with Crippen molar-refractivity contribution in [3.05, 3.63) is 0 Å². The predicted molar refractivity (Wildman–Crippen MR) is 7.13 cm³/mol. The van der Waals surface area contributed by atoms with Crippen LogP contribution in [0.15, 0.2) is 0 Å². The Morgan fingerprint density at radius 1 is 0.800 bits per heavy atom. The Kier molecular flexibility index (Phi) is 1150. The van der Waals surface area contributed by atoms with E-state index in [0.717, 1.165) is 0 Å². The van der Waals surface area contributed by atoms with Crippen LogP contribution < -0.4 is 0 Å². The Labute approximate surface area is 59.8 Å². The van der Waals surface area contributed by atoms with Crippen LogP contribution in [0.3, 0.4) is 0 Å². The average Bonchev–Trinajstić information content (AvgIpc) is 0. The van der Waals surface area contributed by atoms with E-state index in [1.54, 1.807) is 0 Å². The summed E-state index contributed by atoms with van der Waals surface area (Å²) >= 11 is 0. The molecular formula is CoO2PtSi. The fourth-order valence-corrected chi connectivity index (χ4v) is 0. The van der Waals surface area contributed by atoms with Gasteiger partial charge in [-0.25, -0.2) is 0 Å². The van der Waals surface area contributed by atoms with Gasteiger partial charge in [-0.05, 0) is 0 Å². The van der Waals surface area contributed by atoms with E-state index in [9.17, 15) is 0 Å². The maximum atomic E-state index is 0. The summed E-state index contributed by atoms with van der Waals surface area (Å²) in [6, 6.07) is 0. The molecule has 0 fully saturated rings. The zero-order valence-corrected chi connectivity index (χ0v) is 6.28. The largest absolute Gasteiger partial charge is 4.00 e. The van der Waals surface area contributed by atoms with Crippen molar-refractivity contribution >= 4 is 11.0 Å². The van der Waals surface area contributed by atoms with Gasteiger partial charge in [0.25, 0.3) is 0 Å². The number of hydrogen-bond donors (Lipinski definition) is 0. The zero-order valence-electron chi connectivity index (χ0n) is 1.97. The van der Waals surface area contributed by atoms with Gasteiger partial charge in [-0.15, -0.1) is 0 Å². The van der Waals surface area contributed by atoms with Crippen LogP contribution in [0.2, 0.25) is 0 Å². The van der Waals surface area contributed by atoms with Gasteiger partial charge in [0.05, 0.1) is 0 Å². The summed E-state index contributed by atoms with van der Waals surface area (Å²) in [5.74, 6) is 0. The standard InChI is InChI=1S/Co.2O.Pt.Si/q;2*-2;+4;. The van der Waals surface area contributed by atoms with Crippen molar-refractivity contribution in [1.82, 2.24) is 0 Å². The molecule has 5 heteroatoms. The summed E-state index contributed by atoms with van der Waals surface area (Å²) in [6.07, 6.45) is 0. The van der Waals surface area contributed by atoms with Gasteiger partial charge in [-0.3, -0.25) is 0 Å². The van der Waals surface area contributed by atoms with Crippen LogP contribution >= 0.6 is 0 Å². The molecule has 0 bridgehead atoms. The first-order chi connectivity index (χ1) is 0. The van der Waals surface area contributed by atoms with Gasteiger partial charge in [0.1, 0.15) is 0 Å². The molecular weight excluding hydrogens is 314 g/mol. The monoisotopic (exact) mass is 314 g/mol. The van der Waals surface area contributed by atoms with E-state index in [2.05, 4.69) is 0 Å². The molecule has 0 atom stereocenters. The third kappa shape index (κ3) is 33.4. The second kappa shape index (κ2) is 56.4. The number of rotatable bonds is 0. The molecule has 5 heavy (non-hydrogen) atoms. The Hall–Kier alpha value is 1.33. The molecule has 0 aromatic rings. The fraction of sp³-hybridized carbons (Fsp3) is 0. The van der Waals surface area contributed by atoms with Gasteiger partial charge in [-0.2, -0.15) is 0 Å². The molecule has 0 saturated carbocycles. The molecule has 0 heterocycles. The van der Waals surface area contributed by atoms with Gasteiger partial charge in [0.2, 0.25) is 0 Å². The van der Waals surface area contributed by atoms with Crippen LogP contribution in [-0.2, 0) is 48.8 Å². The van der Waals surface area contributed by atoms with Gasteiger partial charge < -0.3 is 11.0 Å². The summed E-state index contributed by atoms with van der Waals surface area (Å²) in [5, 5.41) is 0. The molecule has 0 amide bonds. The van der Waals surface area contributed by atoms with Crippen molar-refractivity contribution < 1.29 is 48.8 Å². The van der Waals surface area contributed by atoms with E-state index < -0.39 is 0 Å². The fourth-order valence-electron chi connectivity index (χ4n) is 0. The van der Waals surface area contributed by atoms with Crippen molar-refractivity contribution in [2.75, 3.05) is 0 Å². The van der Waals surface area contributed by atoms with Crippen LogP contribution in [0.5, 0.6) is 0 Å². The van der Waals surface area contributed by atoms with Crippen molar-refractivity contribution in [2.24, 2.45) is 0 Å². The van der Waals surface area contributed by atoms with Crippen molar-refractivity contribution in [3.8, 4) is 0 Å². The zero-order chi connectivity index (χ0) is 0. The molecule has 5 radical (unpaired) electrons. The first kappa shape index (κ1) is 101. The van der Waals surface area contributed by atoms with Gasteiger partial charge in [0.15, 0.2) is 0 Å². The Morgan fingerprint density at radius 2 is 0.800 bits per heavy atom. The van der Waals surface area contributed by atoms with Crippen molar-refractivity contribution in [3.63, 3.8) is 0 Å². The number of hydrogen-bond acceptors (Lipinski definition) is 0. The quantitative estimate of drug-likeness (QED) is 0.535. The van der Waals surface area contributed by atoms with Crippen LogP contribution in [0, 0.1) is 0 Å².